The fourth-order valence-corrected chi connectivity index (χ4v) is 10.3. The van der Waals surface area contributed by atoms with Crippen molar-refractivity contribution in [2.75, 3.05) is 14.2 Å². The molecule has 0 N–H and O–H groups in total. The highest BCUT2D eigenvalue weighted by atomic mass is 16.5. The molecule has 4 aliphatic heterocycles. The maximum absolute atomic E-state index is 5.94. The lowest BCUT2D eigenvalue weighted by Crippen LogP contribution is -2.52. The number of hydrogen-bond acceptors (Lipinski definition) is 2. The summed E-state index contributed by atoms with van der Waals surface area (Å²) in [6, 6.07) is 37.7. The van der Waals surface area contributed by atoms with Crippen molar-refractivity contribution in [2.24, 2.45) is 0 Å². The van der Waals surface area contributed by atoms with Crippen molar-refractivity contribution in [3.05, 3.63) is 108 Å². The van der Waals surface area contributed by atoms with Crippen LogP contribution in [0.25, 0.3) is 76.8 Å². The lowest BCUT2D eigenvalue weighted by Gasteiger charge is -2.31. The van der Waals surface area contributed by atoms with E-state index in [4.69, 9.17) is 9.47 Å². The summed E-state index contributed by atoms with van der Waals surface area (Å²) in [5.74, 6) is 1.83. The Morgan fingerprint density at radius 1 is 0.375 bits per heavy atom. The van der Waals surface area contributed by atoms with Gasteiger partial charge in [0, 0.05) is 0 Å². The molecule has 0 atom stereocenters. The number of rotatable bonds is 2. The predicted octanol–water partition coefficient (Wildman–Crippen LogP) is 6.17. The van der Waals surface area contributed by atoms with E-state index in [0.717, 1.165) is 11.5 Å². The van der Waals surface area contributed by atoms with Crippen molar-refractivity contribution in [2.45, 2.75) is 13.8 Å². The van der Waals surface area contributed by atoms with Crippen LogP contribution >= 0.6 is 0 Å². The second kappa shape index (κ2) is 8.32. The van der Waals surface area contributed by atoms with Gasteiger partial charge in [-0.1, -0.05) is 111 Å². The van der Waals surface area contributed by atoms with E-state index < -0.39 is 0 Å². The van der Waals surface area contributed by atoms with Crippen molar-refractivity contribution >= 4 is 78.5 Å². The summed E-state index contributed by atoms with van der Waals surface area (Å²) in [6.07, 6.45) is 0. The van der Waals surface area contributed by atoms with E-state index in [1.54, 1.807) is 14.2 Å². The smallest absolute Gasteiger partial charge is 0.244 e. The van der Waals surface area contributed by atoms with Crippen LogP contribution in [0.2, 0.25) is 0 Å². The van der Waals surface area contributed by atoms with Crippen molar-refractivity contribution in [3.63, 3.8) is 0 Å². The highest BCUT2D eigenvalue weighted by Crippen LogP contribution is 2.47. The van der Waals surface area contributed by atoms with E-state index in [1.807, 2.05) is 0 Å². The number of fused-ring (bicyclic) bond motifs is 10. The molecular formula is C44H28B2O2. The fourth-order valence-electron chi connectivity index (χ4n) is 10.3. The Balaban J connectivity index is 1.25. The van der Waals surface area contributed by atoms with Gasteiger partial charge >= 0.3 is 0 Å². The highest BCUT2D eigenvalue weighted by Gasteiger charge is 2.44. The molecule has 0 amide bonds. The Bertz CT molecular complexity index is 2850. The number of benzene rings is 8. The molecule has 0 unspecified atom stereocenters. The zero-order chi connectivity index (χ0) is 31.7. The molecule has 222 valence electrons. The van der Waals surface area contributed by atoms with Gasteiger partial charge in [-0.25, -0.2) is 0 Å². The predicted molar refractivity (Wildman–Crippen MR) is 204 cm³/mol. The molecule has 0 saturated heterocycles. The third-order valence-corrected chi connectivity index (χ3v) is 12.1. The van der Waals surface area contributed by atoms with Gasteiger partial charge in [0.2, 0.25) is 13.4 Å². The van der Waals surface area contributed by atoms with Gasteiger partial charge in [-0.3, -0.25) is 0 Å². The first-order chi connectivity index (χ1) is 23.5. The average molecular weight is 610 g/mol. The molecule has 2 nitrogen and oxygen atoms in total. The topological polar surface area (TPSA) is 18.5 Å². The maximum atomic E-state index is 5.94. The average Bonchev–Trinajstić information content (AvgIpc) is 3.61. The molecule has 8 aromatic carbocycles. The van der Waals surface area contributed by atoms with Crippen LogP contribution in [0.1, 0.15) is 11.1 Å². The zero-order valence-electron chi connectivity index (χ0n) is 27.2. The minimum atomic E-state index is 0.197. The molecule has 0 bridgehead atoms. The Morgan fingerprint density at radius 2 is 0.854 bits per heavy atom. The molecule has 48 heavy (non-hydrogen) atoms. The third-order valence-electron chi connectivity index (χ3n) is 12.1. The Hall–Kier alpha value is -5.47. The molecule has 0 fully saturated rings. The molecule has 0 spiro atoms. The maximum Gasteiger partial charge on any atom is 0.244 e. The molecule has 0 aliphatic carbocycles. The van der Waals surface area contributed by atoms with Crippen molar-refractivity contribution in [3.8, 4) is 56.0 Å². The van der Waals surface area contributed by atoms with E-state index in [2.05, 4.69) is 111 Å². The number of methoxy groups -OCH3 is 2. The Labute approximate surface area is 279 Å². The van der Waals surface area contributed by atoms with Crippen LogP contribution in [0, 0.1) is 13.8 Å². The van der Waals surface area contributed by atoms with Crippen LogP contribution in [0.15, 0.2) is 97.1 Å². The van der Waals surface area contributed by atoms with Crippen molar-refractivity contribution < 1.29 is 9.47 Å². The SMILES string of the molecule is COc1ccc2c(c1)-c1cc(C)cc3c1B2c1cc2ccc4c5c(cc6ccc-3c1c6c25)B1c2ccc(C)cc2-c2cc(OC)cc-4c21. The van der Waals surface area contributed by atoms with E-state index in [-0.39, 0.29) is 13.4 Å². The van der Waals surface area contributed by atoms with Gasteiger partial charge in [0.1, 0.15) is 11.5 Å². The molecular weight excluding hydrogens is 582 g/mol. The summed E-state index contributed by atoms with van der Waals surface area (Å²) in [5.41, 5.74) is 21.8. The molecule has 0 aromatic heterocycles. The molecule has 12 rings (SSSR count). The van der Waals surface area contributed by atoms with Gasteiger partial charge in [-0.15, -0.1) is 0 Å². The second-order valence-corrected chi connectivity index (χ2v) is 14.4. The van der Waals surface area contributed by atoms with Crippen LogP contribution < -0.4 is 42.3 Å². The molecule has 4 heterocycles. The van der Waals surface area contributed by atoms with Gasteiger partial charge in [0.05, 0.1) is 14.2 Å². The van der Waals surface area contributed by atoms with Crippen LogP contribution in [0.3, 0.4) is 0 Å². The van der Waals surface area contributed by atoms with Crippen molar-refractivity contribution in [1.82, 2.24) is 0 Å². The van der Waals surface area contributed by atoms with Gasteiger partial charge in [0.15, 0.2) is 0 Å². The third kappa shape index (κ3) is 2.79. The standard InChI is InChI=1S/C44H28B2O2/c1-21-5-11-35-29(13-21)34-20-26(48-4)19-33-28-10-7-24-16-37-41-27(9-6-23-17-38(45(35)44(33)34)42(28)40(24)39(23)41)31-14-22(2)15-32-30-18-25(47-3)8-12-36(30)46(37)43(31)32/h5-20H,1-4H3. The van der Waals surface area contributed by atoms with Crippen LogP contribution in [0.5, 0.6) is 11.5 Å². The van der Waals surface area contributed by atoms with E-state index in [9.17, 15) is 0 Å². The summed E-state index contributed by atoms with van der Waals surface area (Å²) in [7, 11) is 3.56. The minimum absolute atomic E-state index is 0.197. The monoisotopic (exact) mass is 610 g/mol. The summed E-state index contributed by atoms with van der Waals surface area (Å²) in [4.78, 5) is 0. The van der Waals surface area contributed by atoms with Crippen LogP contribution in [-0.2, 0) is 0 Å². The number of ether oxygens (including phenoxy) is 2. The molecule has 8 aromatic rings. The fraction of sp³-hybridized carbons (Fsp3) is 0.0909. The molecule has 0 radical (unpaired) electrons. The molecule has 4 heteroatoms. The molecule has 0 saturated carbocycles. The van der Waals surface area contributed by atoms with Crippen LogP contribution in [0.4, 0.5) is 0 Å². The largest absolute Gasteiger partial charge is 0.497 e. The number of aryl methyl sites for hydroxylation is 2. The van der Waals surface area contributed by atoms with Crippen molar-refractivity contribution in [1.29, 1.82) is 0 Å². The lowest BCUT2D eigenvalue weighted by atomic mass is 9.34. The number of hydrogen-bond donors (Lipinski definition) is 0. The lowest BCUT2D eigenvalue weighted by molar-refractivity contribution is 0.415. The first-order valence-corrected chi connectivity index (χ1v) is 17.0. The summed E-state index contributed by atoms with van der Waals surface area (Å²) in [6.45, 7) is 4.83. The summed E-state index contributed by atoms with van der Waals surface area (Å²) in [5, 5.41) is 8.30. The summed E-state index contributed by atoms with van der Waals surface area (Å²) >= 11 is 0. The van der Waals surface area contributed by atoms with E-state index in [0.29, 0.717) is 0 Å². The molecule has 4 aliphatic rings. The highest BCUT2D eigenvalue weighted by molar-refractivity contribution is 7.03. The minimum Gasteiger partial charge on any atom is -0.497 e. The first kappa shape index (κ1) is 25.6. The second-order valence-electron chi connectivity index (χ2n) is 14.4. The normalized spacial score (nSPS) is 13.8. The summed E-state index contributed by atoms with van der Waals surface area (Å²) < 4.78 is 11.7. The quantitative estimate of drug-likeness (QED) is 0.172. The van der Waals surface area contributed by atoms with E-state index in [1.165, 1.54) is 121 Å². The van der Waals surface area contributed by atoms with Gasteiger partial charge in [0.25, 0.3) is 0 Å². The Kier molecular flexibility index (Phi) is 4.44. The zero-order valence-corrected chi connectivity index (χ0v) is 27.2. The van der Waals surface area contributed by atoms with Crippen LogP contribution in [-0.4, -0.2) is 27.6 Å². The van der Waals surface area contributed by atoms with Gasteiger partial charge in [-0.2, -0.15) is 0 Å². The van der Waals surface area contributed by atoms with Gasteiger partial charge < -0.3 is 9.47 Å². The Morgan fingerprint density at radius 3 is 1.46 bits per heavy atom. The van der Waals surface area contributed by atoms with Gasteiger partial charge in [-0.05, 0) is 121 Å². The first-order valence-electron chi connectivity index (χ1n) is 17.0. The van der Waals surface area contributed by atoms with E-state index >= 15 is 0 Å².